The Morgan fingerprint density at radius 3 is 2.26 bits per heavy atom. The monoisotopic (exact) mass is 364 g/mol. The Hall–Kier alpha value is -3.33. The predicted octanol–water partition coefficient (Wildman–Crippen LogP) is 4.80. The third-order valence-corrected chi connectivity index (χ3v) is 4.79. The number of ether oxygens (including phenoxy) is 1. The lowest BCUT2D eigenvalue weighted by molar-refractivity contribution is 0.134. The van der Waals surface area contributed by atoms with Gasteiger partial charge in [0.25, 0.3) is 0 Å². The van der Waals surface area contributed by atoms with Crippen LogP contribution in [0.3, 0.4) is 0 Å². The number of alkyl carbamates (subject to hydrolysis) is 1. The molecule has 1 aliphatic rings. The summed E-state index contributed by atoms with van der Waals surface area (Å²) < 4.78 is 5.47. The summed E-state index contributed by atoms with van der Waals surface area (Å²) in [6.45, 7) is 3.85. The summed E-state index contributed by atoms with van der Waals surface area (Å²) in [5.41, 5.74) is 4.59. The Labute approximate surface area is 158 Å². The van der Waals surface area contributed by atoms with Crippen molar-refractivity contribution in [2.45, 2.75) is 25.8 Å². The molecule has 0 saturated carbocycles. The van der Waals surface area contributed by atoms with Crippen LogP contribution in [0.4, 0.5) is 4.79 Å². The van der Waals surface area contributed by atoms with Crippen LogP contribution in [0.5, 0.6) is 0 Å². The fourth-order valence-corrected chi connectivity index (χ4v) is 3.49. The molecule has 0 bridgehead atoms. The van der Waals surface area contributed by atoms with Crippen LogP contribution in [-0.4, -0.2) is 23.8 Å². The smallest absolute Gasteiger partial charge is 0.407 e. The predicted molar refractivity (Wildman–Crippen MR) is 103 cm³/mol. The van der Waals surface area contributed by atoms with E-state index in [9.17, 15) is 9.90 Å². The van der Waals surface area contributed by atoms with Gasteiger partial charge in [-0.05, 0) is 28.2 Å². The zero-order valence-electron chi connectivity index (χ0n) is 15.3. The van der Waals surface area contributed by atoms with E-state index < -0.39 is 12.1 Å². The zero-order chi connectivity index (χ0) is 19.4. The maximum Gasteiger partial charge on any atom is 0.407 e. The van der Waals surface area contributed by atoms with E-state index in [1.54, 1.807) is 0 Å². The second-order valence-corrected chi connectivity index (χ2v) is 6.86. The van der Waals surface area contributed by atoms with Gasteiger partial charge in [0, 0.05) is 5.92 Å². The molecule has 1 aliphatic carbocycles. The Morgan fingerprint density at radius 2 is 1.74 bits per heavy atom. The Morgan fingerprint density at radius 1 is 1.19 bits per heavy atom. The van der Waals surface area contributed by atoms with E-state index in [1.165, 1.54) is 0 Å². The van der Waals surface area contributed by atoms with Crippen molar-refractivity contribution in [3.63, 3.8) is 0 Å². The van der Waals surface area contributed by atoms with E-state index >= 15 is 0 Å². The lowest BCUT2D eigenvalue weighted by Gasteiger charge is -2.20. The molecule has 1 atom stereocenters. The average molecular weight is 364 g/mol. The molecule has 2 aromatic carbocycles. The molecule has 27 heavy (non-hydrogen) atoms. The standard InChI is InChI=1S/C21H21N3O3/c1-13(2)20(19(25)11-23-22)24-21(26)27-12-18-16-9-5-3-7-14(16)15-8-4-6-10-17(15)18/h3-11,13,18,20H,12H2,1-2H3,(H-,24,25,26)/p+1/b19-11+/t20-/m0/s1. The summed E-state index contributed by atoms with van der Waals surface area (Å²) in [4.78, 5) is 15.1. The molecule has 0 radical (unpaired) electrons. The molecule has 2 N–H and O–H groups in total. The number of carbonyl (C=O) groups excluding carboxylic acids is 1. The molecule has 1 amide bonds. The highest BCUT2D eigenvalue weighted by Crippen LogP contribution is 2.44. The van der Waals surface area contributed by atoms with Crippen LogP contribution >= 0.6 is 0 Å². The number of nitrogens with one attached hydrogen (secondary N) is 1. The molecule has 0 spiro atoms. The van der Waals surface area contributed by atoms with Gasteiger partial charge in [-0.2, -0.15) is 0 Å². The van der Waals surface area contributed by atoms with E-state index in [-0.39, 0.29) is 24.2 Å². The summed E-state index contributed by atoms with van der Waals surface area (Å²) in [7, 11) is 0. The van der Waals surface area contributed by atoms with Gasteiger partial charge in [0.2, 0.25) is 11.2 Å². The molecule has 0 aromatic heterocycles. The Balaban J connectivity index is 1.72. The highest BCUT2D eigenvalue weighted by atomic mass is 16.5. The van der Waals surface area contributed by atoms with Crippen LogP contribution in [0.1, 0.15) is 30.9 Å². The zero-order valence-corrected chi connectivity index (χ0v) is 15.3. The molecule has 0 saturated heterocycles. The lowest BCUT2D eigenvalue weighted by Crippen LogP contribution is -2.40. The lowest BCUT2D eigenvalue weighted by atomic mass is 9.98. The van der Waals surface area contributed by atoms with Crippen LogP contribution in [0.2, 0.25) is 0 Å². The van der Waals surface area contributed by atoms with Crippen LogP contribution < -0.4 is 5.32 Å². The maximum atomic E-state index is 12.3. The van der Waals surface area contributed by atoms with E-state index in [4.69, 9.17) is 10.1 Å². The minimum absolute atomic E-state index is 0.0303. The van der Waals surface area contributed by atoms with Crippen molar-refractivity contribution in [2.75, 3.05) is 6.61 Å². The van der Waals surface area contributed by atoms with Gasteiger partial charge in [-0.3, -0.25) is 0 Å². The highest BCUT2D eigenvalue weighted by Gasteiger charge is 2.30. The van der Waals surface area contributed by atoms with E-state index in [0.29, 0.717) is 0 Å². The number of rotatable bonds is 5. The van der Waals surface area contributed by atoms with Gasteiger partial charge in [-0.25, -0.2) is 4.79 Å². The number of nitrogens with zero attached hydrogens (tertiary/aromatic N) is 2. The second kappa shape index (κ2) is 7.92. The fourth-order valence-electron chi connectivity index (χ4n) is 3.49. The summed E-state index contributed by atoms with van der Waals surface area (Å²) in [5.74, 6) is -0.373. The average Bonchev–Trinajstić information content (AvgIpc) is 2.98. The summed E-state index contributed by atoms with van der Waals surface area (Å²) in [5, 5.41) is 21.1. The quantitative estimate of drug-likeness (QED) is 0.589. The van der Waals surface area contributed by atoms with Crippen molar-refractivity contribution in [3.8, 4) is 11.1 Å². The Kier molecular flexibility index (Phi) is 5.41. The normalized spacial score (nSPS) is 14.2. The number of amides is 1. The molecule has 0 fully saturated rings. The molecule has 0 aliphatic heterocycles. The number of benzene rings is 2. The first-order valence-electron chi connectivity index (χ1n) is 8.87. The van der Waals surface area contributed by atoms with Crippen LogP contribution in [-0.2, 0) is 4.74 Å². The van der Waals surface area contributed by atoms with Gasteiger partial charge >= 0.3 is 12.3 Å². The van der Waals surface area contributed by atoms with Gasteiger partial charge in [0.1, 0.15) is 6.61 Å². The molecule has 3 rings (SSSR count). The first-order chi connectivity index (χ1) is 13.0. The van der Waals surface area contributed by atoms with E-state index in [2.05, 4.69) is 34.6 Å². The van der Waals surface area contributed by atoms with Gasteiger partial charge in [-0.1, -0.05) is 62.4 Å². The number of aliphatic hydroxyl groups excluding tert-OH is 1. The molecule has 0 heterocycles. The summed E-state index contributed by atoms with van der Waals surface area (Å²) in [6, 6.07) is 15.5. The first kappa shape index (κ1) is 18.5. The second-order valence-electron chi connectivity index (χ2n) is 6.86. The maximum absolute atomic E-state index is 12.3. The molecule has 2 aromatic rings. The van der Waals surface area contributed by atoms with Crippen molar-refractivity contribution in [1.29, 1.82) is 5.39 Å². The number of carbonyl (C=O) groups is 1. The molecule has 0 unspecified atom stereocenters. The summed E-state index contributed by atoms with van der Waals surface area (Å²) in [6.07, 6.45) is 0.266. The third-order valence-electron chi connectivity index (χ3n) is 4.79. The molecular weight excluding hydrogens is 342 g/mol. The number of aliphatic hydroxyl groups is 1. The van der Waals surface area contributed by atoms with Gasteiger partial charge < -0.3 is 15.2 Å². The van der Waals surface area contributed by atoms with Crippen molar-refractivity contribution in [1.82, 2.24) is 5.32 Å². The molecular formula is C21H22N3O3+. The fraction of sp³-hybridized carbons (Fsp3) is 0.286. The summed E-state index contributed by atoms with van der Waals surface area (Å²) >= 11 is 0. The third kappa shape index (κ3) is 3.77. The number of hydrogen-bond acceptors (Lipinski definition) is 4. The van der Waals surface area contributed by atoms with Gasteiger partial charge in [0.15, 0.2) is 4.98 Å². The minimum Gasteiger partial charge on any atom is -0.504 e. The van der Waals surface area contributed by atoms with Gasteiger partial charge in [-0.15, -0.1) is 0 Å². The van der Waals surface area contributed by atoms with Crippen LogP contribution in [0.15, 0.2) is 60.5 Å². The van der Waals surface area contributed by atoms with Gasteiger partial charge in [0.05, 0.1) is 6.04 Å². The van der Waals surface area contributed by atoms with E-state index in [0.717, 1.165) is 28.5 Å². The minimum atomic E-state index is -0.698. The number of hydrogen-bond donors (Lipinski definition) is 2. The highest BCUT2D eigenvalue weighted by molar-refractivity contribution is 5.79. The van der Waals surface area contributed by atoms with Crippen molar-refractivity contribution < 1.29 is 14.6 Å². The molecule has 138 valence electrons. The topological polar surface area (TPSA) is 86.7 Å². The Bertz CT molecular complexity index is 869. The first-order valence-corrected chi connectivity index (χ1v) is 8.87. The SMILES string of the molecule is CC(C)[C@H](NC(=O)OCC1c2ccccc2-c2ccccc21)/C(O)=C\[N+]#N. The van der Waals surface area contributed by atoms with Crippen LogP contribution in [0, 0.1) is 11.3 Å². The van der Waals surface area contributed by atoms with Crippen molar-refractivity contribution in [3.05, 3.63) is 76.6 Å². The molecule has 6 nitrogen and oxygen atoms in total. The van der Waals surface area contributed by atoms with E-state index in [1.807, 2.05) is 38.1 Å². The van der Waals surface area contributed by atoms with Crippen molar-refractivity contribution in [2.24, 2.45) is 5.92 Å². The number of diazo groups is 1. The molecule has 6 heteroatoms. The largest absolute Gasteiger partial charge is 0.504 e. The number of fused-ring (bicyclic) bond motifs is 3. The van der Waals surface area contributed by atoms with Crippen LogP contribution in [0.25, 0.3) is 16.1 Å². The van der Waals surface area contributed by atoms with Crippen molar-refractivity contribution >= 4 is 6.09 Å².